The fourth-order valence-corrected chi connectivity index (χ4v) is 4.31. The molecule has 4 aromatic rings. The molecule has 0 saturated carbocycles. The van der Waals surface area contributed by atoms with E-state index >= 15 is 0 Å². The predicted octanol–water partition coefficient (Wildman–Crippen LogP) is 4.27. The Morgan fingerprint density at radius 3 is 2.46 bits per heavy atom. The zero-order valence-corrected chi connectivity index (χ0v) is 20.1. The van der Waals surface area contributed by atoms with Gasteiger partial charge >= 0.3 is 5.97 Å². The standard InChI is InChI=1S/C26H29N7O2/c1-4-26(5-2,14-24(34)35)23-11-7-10-19(28-23)15-33-16-22(31-32-33)21-13-20(29-25(27)30-21)18-9-6-8-17(3)12-18/h6-13,16H,4-5,14-15H2,1-3H3,(H,34,35)(H2,27,29,30). The molecule has 3 N–H and O–H groups in total. The van der Waals surface area contributed by atoms with Crippen LogP contribution in [0.15, 0.2) is 54.7 Å². The molecule has 0 amide bonds. The first kappa shape index (κ1) is 24.0. The van der Waals surface area contributed by atoms with Crippen LogP contribution in [0.1, 0.15) is 50.1 Å². The van der Waals surface area contributed by atoms with E-state index in [4.69, 9.17) is 10.7 Å². The normalized spacial score (nSPS) is 11.5. The number of rotatable bonds is 9. The Labute approximate surface area is 204 Å². The SMILES string of the molecule is CCC(CC)(CC(=O)O)c1cccc(Cn2cc(-c3cc(-c4cccc(C)c4)nc(N)n3)nn2)n1. The lowest BCUT2D eigenvalue weighted by atomic mass is 9.76. The molecule has 4 rings (SSSR count). The number of anilines is 1. The van der Waals surface area contributed by atoms with Crippen molar-refractivity contribution in [3.8, 4) is 22.6 Å². The van der Waals surface area contributed by atoms with E-state index in [0.29, 0.717) is 36.5 Å². The third kappa shape index (κ3) is 5.34. The minimum atomic E-state index is -0.823. The van der Waals surface area contributed by atoms with Gasteiger partial charge in [-0.15, -0.1) is 5.10 Å². The summed E-state index contributed by atoms with van der Waals surface area (Å²) in [7, 11) is 0. The zero-order chi connectivity index (χ0) is 25.0. The molecule has 0 aliphatic heterocycles. The van der Waals surface area contributed by atoms with Crippen LogP contribution in [-0.4, -0.2) is 41.0 Å². The maximum atomic E-state index is 11.5. The minimum Gasteiger partial charge on any atom is -0.481 e. The second-order valence-electron chi connectivity index (χ2n) is 8.74. The van der Waals surface area contributed by atoms with Crippen LogP contribution >= 0.6 is 0 Å². The van der Waals surface area contributed by atoms with Crippen molar-refractivity contribution in [3.63, 3.8) is 0 Å². The van der Waals surface area contributed by atoms with Crippen LogP contribution < -0.4 is 5.73 Å². The molecule has 0 bridgehead atoms. The lowest BCUT2D eigenvalue weighted by Gasteiger charge is -2.29. The number of carboxylic acid groups (broad SMARTS) is 1. The van der Waals surface area contributed by atoms with Gasteiger partial charge in [0.1, 0.15) is 5.69 Å². The highest BCUT2D eigenvalue weighted by Gasteiger charge is 2.32. The Hall–Kier alpha value is -4.14. The van der Waals surface area contributed by atoms with E-state index in [1.54, 1.807) is 10.9 Å². The number of carboxylic acids is 1. The summed E-state index contributed by atoms with van der Waals surface area (Å²) in [5, 5.41) is 18.0. The number of nitrogens with two attached hydrogens (primary N) is 1. The van der Waals surface area contributed by atoms with Gasteiger partial charge in [0.05, 0.1) is 36.2 Å². The number of aliphatic carboxylic acids is 1. The first-order valence-electron chi connectivity index (χ1n) is 11.6. The molecule has 0 atom stereocenters. The van der Waals surface area contributed by atoms with Crippen LogP contribution in [0.5, 0.6) is 0 Å². The van der Waals surface area contributed by atoms with Crippen LogP contribution in [0.4, 0.5) is 5.95 Å². The molecule has 9 heteroatoms. The minimum absolute atomic E-state index is 0.0440. The Balaban J connectivity index is 1.60. The maximum absolute atomic E-state index is 11.5. The predicted molar refractivity (Wildman–Crippen MR) is 133 cm³/mol. The van der Waals surface area contributed by atoms with Crippen LogP contribution in [0.3, 0.4) is 0 Å². The Morgan fingerprint density at radius 2 is 1.74 bits per heavy atom. The van der Waals surface area contributed by atoms with E-state index < -0.39 is 11.4 Å². The van der Waals surface area contributed by atoms with Crippen molar-refractivity contribution in [2.24, 2.45) is 0 Å². The number of nitrogen functional groups attached to an aromatic ring is 1. The number of aromatic nitrogens is 6. The zero-order valence-electron chi connectivity index (χ0n) is 20.1. The Morgan fingerprint density at radius 1 is 1.00 bits per heavy atom. The van der Waals surface area contributed by atoms with Crippen molar-refractivity contribution >= 4 is 11.9 Å². The van der Waals surface area contributed by atoms with Crippen LogP contribution in [0.25, 0.3) is 22.6 Å². The lowest BCUT2D eigenvalue weighted by Crippen LogP contribution is -2.29. The highest BCUT2D eigenvalue weighted by Crippen LogP contribution is 2.34. The number of hydrogen-bond donors (Lipinski definition) is 2. The van der Waals surface area contributed by atoms with Crippen molar-refractivity contribution in [2.45, 2.75) is 52.0 Å². The van der Waals surface area contributed by atoms with Crippen molar-refractivity contribution in [1.29, 1.82) is 0 Å². The van der Waals surface area contributed by atoms with E-state index in [1.807, 2.05) is 69.3 Å². The second kappa shape index (κ2) is 10.0. The fourth-order valence-electron chi connectivity index (χ4n) is 4.31. The molecule has 35 heavy (non-hydrogen) atoms. The van der Waals surface area contributed by atoms with Crippen molar-refractivity contribution in [3.05, 3.63) is 71.7 Å². The molecule has 0 radical (unpaired) electrons. The molecular weight excluding hydrogens is 442 g/mol. The molecule has 0 fully saturated rings. The average Bonchev–Trinajstić information content (AvgIpc) is 3.31. The number of benzene rings is 1. The molecule has 3 aromatic heterocycles. The molecule has 0 aliphatic rings. The number of aryl methyl sites for hydroxylation is 1. The summed E-state index contributed by atoms with van der Waals surface area (Å²) >= 11 is 0. The Kier molecular flexibility index (Phi) is 6.86. The van der Waals surface area contributed by atoms with Gasteiger partial charge in [-0.2, -0.15) is 0 Å². The van der Waals surface area contributed by atoms with Crippen LogP contribution in [0, 0.1) is 6.92 Å². The van der Waals surface area contributed by atoms with E-state index in [1.165, 1.54) is 0 Å². The van der Waals surface area contributed by atoms with Gasteiger partial charge < -0.3 is 10.8 Å². The molecular formula is C26H29N7O2. The summed E-state index contributed by atoms with van der Waals surface area (Å²) in [4.78, 5) is 25.0. The highest BCUT2D eigenvalue weighted by atomic mass is 16.4. The van der Waals surface area contributed by atoms with Gasteiger partial charge in [-0.25, -0.2) is 14.6 Å². The van der Waals surface area contributed by atoms with E-state index in [2.05, 4.69) is 20.3 Å². The maximum Gasteiger partial charge on any atom is 0.304 e. The summed E-state index contributed by atoms with van der Waals surface area (Å²) < 4.78 is 1.68. The van der Waals surface area contributed by atoms with Gasteiger partial charge in [0, 0.05) is 16.7 Å². The quantitative estimate of drug-likeness (QED) is 0.370. The van der Waals surface area contributed by atoms with Gasteiger partial charge in [0.15, 0.2) is 0 Å². The number of pyridine rings is 1. The molecule has 180 valence electrons. The summed E-state index contributed by atoms with van der Waals surface area (Å²) in [5.41, 5.74) is 11.0. The molecule has 3 heterocycles. The monoisotopic (exact) mass is 471 g/mol. The molecule has 0 saturated heterocycles. The van der Waals surface area contributed by atoms with Crippen molar-refractivity contribution < 1.29 is 9.90 Å². The van der Waals surface area contributed by atoms with Gasteiger partial charge in [-0.05, 0) is 44.0 Å². The summed E-state index contributed by atoms with van der Waals surface area (Å²) in [5.74, 6) is -0.659. The number of nitrogens with zero attached hydrogens (tertiary/aromatic N) is 6. The smallest absolute Gasteiger partial charge is 0.304 e. The van der Waals surface area contributed by atoms with E-state index in [0.717, 1.165) is 22.5 Å². The average molecular weight is 472 g/mol. The van der Waals surface area contributed by atoms with Crippen molar-refractivity contribution in [2.75, 3.05) is 5.73 Å². The Bertz CT molecular complexity index is 1350. The lowest BCUT2D eigenvalue weighted by molar-refractivity contribution is -0.138. The summed E-state index contributed by atoms with van der Waals surface area (Å²) in [6.45, 7) is 6.42. The topological polar surface area (TPSA) is 133 Å². The number of carbonyl (C=O) groups is 1. The van der Waals surface area contributed by atoms with Gasteiger partial charge in [-0.1, -0.05) is 48.9 Å². The molecule has 0 aliphatic carbocycles. The van der Waals surface area contributed by atoms with E-state index in [9.17, 15) is 9.90 Å². The van der Waals surface area contributed by atoms with E-state index in [-0.39, 0.29) is 12.4 Å². The van der Waals surface area contributed by atoms with Crippen molar-refractivity contribution in [1.82, 2.24) is 29.9 Å². The van der Waals surface area contributed by atoms with Crippen LogP contribution in [-0.2, 0) is 16.8 Å². The third-order valence-corrected chi connectivity index (χ3v) is 6.38. The second-order valence-corrected chi connectivity index (χ2v) is 8.74. The first-order valence-corrected chi connectivity index (χ1v) is 11.6. The molecule has 0 spiro atoms. The highest BCUT2D eigenvalue weighted by molar-refractivity contribution is 5.69. The third-order valence-electron chi connectivity index (χ3n) is 6.38. The summed E-state index contributed by atoms with van der Waals surface area (Å²) in [6.07, 6.45) is 3.22. The molecule has 0 unspecified atom stereocenters. The van der Waals surface area contributed by atoms with Gasteiger partial charge in [0.2, 0.25) is 5.95 Å². The van der Waals surface area contributed by atoms with Gasteiger partial charge in [0.25, 0.3) is 0 Å². The number of hydrogen-bond acceptors (Lipinski definition) is 7. The van der Waals surface area contributed by atoms with Crippen LogP contribution in [0.2, 0.25) is 0 Å². The molecule has 1 aromatic carbocycles. The largest absolute Gasteiger partial charge is 0.481 e. The fraction of sp³-hybridized carbons (Fsp3) is 0.308. The summed E-state index contributed by atoms with van der Waals surface area (Å²) in [6, 6.07) is 15.6. The first-order chi connectivity index (χ1) is 16.8. The van der Waals surface area contributed by atoms with Gasteiger partial charge in [-0.3, -0.25) is 9.78 Å². The molecule has 9 nitrogen and oxygen atoms in total.